The van der Waals surface area contributed by atoms with Gasteiger partial charge in [-0.1, -0.05) is 48.5 Å². The first kappa shape index (κ1) is 23.5. The van der Waals surface area contributed by atoms with Crippen molar-refractivity contribution >= 4 is 37.5 Å². The Morgan fingerprint density at radius 2 is 1.61 bits per heavy atom. The number of rotatable bonds is 6. The Morgan fingerprint density at radius 1 is 0.944 bits per heavy atom. The molecule has 2 heterocycles. The van der Waals surface area contributed by atoms with Gasteiger partial charge in [0.2, 0.25) is 0 Å². The van der Waals surface area contributed by atoms with Crippen LogP contribution in [0.2, 0.25) is 0 Å². The molecule has 0 amide bonds. The van der Waals surface area contributed by atoms with Gasteiger partial charge >= 0.3 is 5.97 Å². The van der Waals surface area contributed by atoms with Crippen molar-refractivity contribution in [1.82, 2.24) is 14.3 Å². The quantitative estimate of drug-likeness (QED) is 0.378. The molecule has 0 spiro atoms. The van der Waals surface area contributed by atoms with Crippen LogP contribution >= 0.6 is 0 Å². The van der Waals surface area contributed by atoms with E-state index in [1.807, 2.05) is 36.4 Å². The SMILES string of the molecule is Cc1c(-c2nn(Cc3ccccc3)c(=O)c3ccccc23)c2cc(S(C)(=O)=O)ccc2n1CC(=O)O. The predicted octanol–water partition coefficient (Wildman–Crippen LogP) is 3.86. The number of aromatic nitrogens is 3. The van der Waals surface area contributed by atoms with E-state index in [9.17, 15) is 23.1 Å². The number of aliphatic carboxylic acids is 1. The third-order valence-electron chi connectivity index (χ3n) is 6.30. The van der Waals surface area contributed by atoms with Crippen LogP contribution in [0, 0.1) is 6.92 Å². The van der Waals surface area contributed by atoms with Crippen molar-refractivity contribution in [2.24, 2.45) is 0 Å². The Labute approximate surface area is 207 Å². The van der Waals surface area contributed by atoms with Crippen molar-refractivity contribution in [3.63, 3.8) is 0 Å². The highest BCUT2D eigenvalue weighted by atomic mass is 32.2. The third kappa shape index (κ3) is 4.07. The second kappa shape index (κ2) is 8.76. The molecular formula is C27H23N3O5S. The lowest BCUT2D eigenvalue weighted by atomic mass is 10.0. The highest BCUT2D eigenvalue weighted by molar-refractivity contribution is 7.90. The fraction of sp³-hybridized carbons (Fsp3) is 0.148. The molecular weight excluding hydrogens is 478 g/mol. The Balaban J connectivity index is 1.88. The molecule has 0 saturated carbocycles. The zero-order valence-electron chi connectivity index (χ0n) is 19.7. The van der Waals surface area contributed by atoms with E-state index in [4.69, 9.17) is 5.10 Å². The smallest absolute Gasteiger partial charge is 0.323 e. The summed E-state index contributed by atoms with van der Waals surface area (Å²) in [6, 6.07) is 21.2. The van der Waals surface area contributed by atoms with Crippen LogP contribution in [-0.2, 0) is 27.7 Å². The van der Waals surface area contributed by atoms with Crippen LogP contribution in [0.1, 0.15) is 11.3 Å². The molecule has 182 valence electrons. The van der Waals surface area contributed by atoms with Crippen LogP contribution in [0.4, 0.5) is 0 Å². The second-order valence-corrected chi connectivity index (χ2v) is 10.7. The summed E-state index contributed by atoms with van der Waals surface area (Å²) in [5, 5.41) is 15.9. The monoisotopic (exact) mass is 501 g/mol. The van der Waals surface area contributed by atoms with E-state index < -0.39 is 15.8 Å². The normalized spacial score (nSPS) is 11.8. The van der Waals surface area contributed by atoms with Gasteiger partial charge in [0.05, 0.1) is 16.8 Å². The highest BCUT2D eigenvalue weighted by Gasteiger charge is 2.23. The van der Waals surface area contributed by atoms with E-state index in [0.29, 0.717) is 38.6 Å². The minimum Gasteiger partial charge on any atom is -0.480 e. The van der Waals surface area contributed by atoms with Crippen LogP contribution in [0.5, 0.6) is 0 Å². The van der Waals surface area contributed by atoms with Gasteiger partial charge in [0.15, 0.2) is 9.84 Å². The first-order valence-electron chi connectivity index (χ1n) is 11.2. The molecule has 0 saturated heterocycles. The first-order chi connectivity index (χ1) is 17.1. The molecule has 8 nitrogen and oxygen atoms in total. The van der Waals surface area contributed by atoms with Gasteiger partial charge in [-0.05, 0) is 36.8 Å². The minimum atomic E-state index is -3.52. The number of sulfone groups is 1. The van der Waals surface area contributed by atoms with E-state index in [1.54, 1.807) is 41.8 Å². The Morgan fingerprint density at radius 3 is 2.28 bits per heavy atom. The van der Waals surface area contributed by atoms with Crippen molar-refractivity contribution in [3.8, 4) is 11.3 Å². The summed E-state index contributed by atoms with van der Waals surface area (Å²) in [7, 11) is -3.52. The number of carboxylic acid groups (broad SMARTS) is 1. The van der Waals surface area contributed by atoms with E-state index >= 15 is 0 Å². The summed E-state index contributed by atoms with van der Waals surface area (Å²) in [6.07, 6.45) is 1.13. The summed E-state index contributed by atoms with van der Waals surface area (Å²) < 4.78 is 27.7. The summed E-state index contributed by atoms with van der Waals surface area (Å²) in [4.78, 5) is 25.1. The number of carbonyl (C=O) groups is 1. The zero-order chi connectivity index (χ0) is 25.6. The van der Waals surface area contributed by atoms with E-state index in [2.05, 4.69) is 0 Å². The van der Waals surface area contributed by atoms with Gasteiger partial charge in [-0.2, -0.15) is 5.10 Å². The largest absolute Gasteiger partial charge is 0.480 e. The van der Waals surface area contributed by atoms with Gasteiger partial charge in [0, 0.05) is 33.8 Å². The summed E-state index contributed by atoms with van der Waals surface area (Å²) in [5.41, 5.74) is 2.91. The fourth-order valence-corrected chi connectivity index (χ4v) is 5.26. The van der Waals surface area contributed by atoms with Crippen molar-refractivity contribution in [2.75, 3.05) is 6.26 Å². The molecule has 0 bridgehead atoms. The van der Waals surface area contributed by atoms with Gasteiger partial charge in [0.1, 0.15) is 12.2 Å². The number of hydrogen-bond donors (Lipinski definition) is 1. The molecule has 0 fully saturated rings. The van der Waals surface area contributed by atoms with Crippen molar-refractivity contribution in [3.05, 3.63) is 94.4 Å². The molecule has 1 N–H and O–H groups in total. The molecule has 0 aliphatic rings. The van der Waals surface area contributed by atoms with Gasteiger partial charge in [-0.3, -0.25) is 9.59 Å². The Kier molecular flexibility index (Phi) is 5.72. The average Bonchev–Trinajstić information content (AvgIpc) is 3.11. The third-order valence-corrected chi connectivity index (χ3v) is 7.41. The van der Waals surface area contributed by atoms with E-state index in [-0.39, 0.29) is 23.5 Å². The van der Waals surface area contributed by atoms with Crippen LogP contribution in [-0.4, -0.2) is 40.1 Å². The summed E-state index contributed by atoms with van der Waals surface area (Å²) >= 11 is 0. The molecule has 9 heteroatoms. The maximum Gasteiger partial charge on any atom is 0.323 e. The lowest BCUT2D eigenvalue weighted by Gasteiger charge is -2.12. The second-order valence-electron chi connectivity index (χ2n) is 8.73. The zero-order valence-corrected chi connectivity index (χ0v) is 20.5. The van der Waals surface area contributed by atoms with E-state index in [1.165, 1.54) is 10.7 Å². The van der Waals surface area contributed by atoms with Gasteiger partial charge in [-0.25, -0.2) is 13.1 Å². The molecule has 5 rings (SSSR count). The standard InChI is InChI=1S/C27H23N3O5S/c1-17-25(22-14-19(36(2,34)35)12-13-23(22)29(17)16-24(31)32)26-20-10-6-7-11-21(20)27(33)30(28-26)15-18-8-4-3-5-9-18/h3-14H,15-16H2,1-2H3,(H,31,32). The Hall–Kier alpha value is -4.24. The maximum atomic E-state index is 13.3. The van der Waals surface area contributed by atoms with Crippen molar-refractivity contribution < 1.29 is 18.3 Å². The molecule has 0 unspecified atom stereocenters. The highest BCUT2D eigenvalue weighted by Crippen LogP contribution is 2.37. The van der Waals surface area contributed by atoms with Crippen molar-refractivity contribution in [2.45, 2.75) is 24.9 Å². The predicted molar refractivity (Wildman–Crippen MR) is 138 cm³/mol. The van der Waals surface area contributed by atoms with Gasteiger partial charge in [-0.15, -0.1) is 0 Å². The Bertz CT molecular complexity index is 1820. The topological polar surface area (TPSA) is 111 Å². The van der Waals surface area contributed by atoms with Crippen LogP contribution in [0.25, 0.3) is 32.9 Å². The summed E-state index contributed by atoms with van der Waals surface area (Å²) in [6.45, 7) is 1.72. The number of benzene rings is 3. The molecule has 5 aromatic rings. The van der Waals surface area contributed by atoms with Crippen LogP contribution in [0.3, 0.4) is 0 Å². The van der Waals surface area contributed by atoms with Crippen LogP contribution < -0.4 is 5.56 Å². The molecule has 0 radical (unpaired) electrons. The minimum absolute atomic E-state index is 0.116. The van der Waals surface area contributed by atoms with Crippen molar-refractivity contribution in [1.29, 1.82) is 0 Å². The number of hydrogen-bond acceptors (Lipinski definition) is 5. The van der Waals surface area contributed by atoms with E-state index in [0.717, 1.165) is 11.8 Å². The number of carboxylic acids is 1. The maximum absolute atomic E-state index is 13.3. The summed E-state index contributed by atoms with van der Waals surface area (Å²) in [5.74, 6) is -1.03. The molecule has 2 aromatic heterocycles. The number of fused-ring (bicyclic) bond motifs is 2. The average molecular weight is 502 g/mol. The lowest BCUT2D eigenvalue weighted by molar-refractivity contribution is -0.137. The fourth-order valence-electron chi connectivity index (χ4n) is 4.61. The van der Waals surface area contributed by atoms with Crippen LogP contribution in [0.15, 0.2) is 82.5 Å². The lowest BCUT2D eigenvalue weighted by Crippen LogP contribution is -2.24. The molecule has 0 aliphatic heterocycles. The van der Waals surface area contributed by atoms with Gasteiger partial charge < -0.3 is 9.67 Å². The molecule has 36 heavy (non-hydrogen) atoms. The molecule has 0 atom stereocenters. The molecule has 3 aromatic carbocycles. The van der Waals surface area contributed by atoms with Gasteiger partial charge in [0.25, 0.3) is 5.56 Å². The first-order valence-corrected chi connectivity index (χ1v) is 13.1. The molecule has 0 aliphatic carbocycles. The number of nitrogens with zero attached hydrogens (tertiary/aromatic N) is 3.